The number of benzene rings is 1. The van der Waals surface area contributed by atoms with Crippen LogP contribution in [0.4, 0.5) is 5.69 Å². The molecule has 1 rings (SSSR count). The Morgan fingerprint density at radius 3 is 2.44 bits per heavy atom. The standard InChI is InChI=1S/C21H35NO3/c1-8-12-24-21(7,14-15(3)4)20(23)22-18-10-11-19(16(5)13-18)25-17(6)9-2/h10-11,13,15,17H,8-9,12,14H2,1-7H3,(H,22,23)/t17-,21+/m0/s1. The molecule has 0 saturated heterocycles. The van der Waals surface area contributed by atoms with E-state index < -0.39 is 5.60 Å². The van der Waals surface area contributed by atoms with Crippen molar-refractivity contribution >= 4 is 11.6 Å². The Hall–Kier alpha value is -1.55. The molecule has 1 amide bonds. The lowest BCUT2D eigenvalue weighted by Gasteiger charge is -2.30. The molecule has 0 aliphatic rings. The molecule has 0 spiro atoms. The van der Waals surface area contributed by atoms with Gasteiger partial charge in [0.25, 0.3) is 5.91 Å². The SMILES string of the molecule is CCCO[C@](C)(CC(C)C)C(=O)Nc1ccc(O[C@@H](C)CC)c(C)c1. The van der Waals surface area contributed by atoms with Gasteiger partial charge in [0.05, 0.1) is 6.10 Å². The smallest absolute Gasteiger partial charge is 0.256 e. The molecule has 0 aromatic heterocycles. The predicted molar refractivity (Wildman–Crippen MR) is 104 cm³/mol. The van der Waals surface area contributed by atoms with E-state index in [1.165, 1.54) is 0 Å². The summed E-state index contributed by atoms with van der Waals surface area (Å²) in [7, 11) is 0. The van der Waals surface area contributed by atoms with E-state index in [9.17, 15) is 4.79 Å². The Bertz CT molecular complexity index is 556. The first-order valence-corrected chi connectivity index (χ1v) is 9.44. The molecule has 0 aliphatic carbocycles. The zero-order chi connectivity index (χ0) is 19.0. The monoisotopic (exact) mass is 349 g/mol. The van der Waals surface area contributed by atoms with Crippen molar-refractivity contribution in [2.24, 2.45) is 5.92 Å². The Kier molecular flexibility index (Phi) is 8.43. The van der Waals surface area contributed by atoms with Crippen LogP contribution < -0.4 is 10.1 Å². The number of rotatable bonds is 10. The number of carbonyl (C=O) groups excluding carboxylic acids is 1. The van der Waals surface area contributed by atoms with Crippen molar-refractivity contribution < 1.29 is 14.3 Å². The van der Waals surface area contributed by atoms with Gasteiger partial charge in [-0.15, -0.1) is 0 Å². The summed E-state index contributed by atoms with van der Waals surface area (Å²) in [6, 6.07) is 5.76. The third-order valence-electron chi connectivity index (χ3n) is 4.24. The first kappa shape index (κ1) is 21.5. The normalized spacial score (nSPS) is 14.9. The highest BCUT2D eigenvalue weighted by molar-refractivity contribution is 5.97. The maximum Gasteiger partial charge on any atom is 0.256 e. The fourth-order valence-corrected chi connectivity index (χ4v) is 2.75. The van der Waals surface area contributed by atoms with Gasteiger partial charge in [-0.2, -0.15) is 0 Å². The minimum absolute atomic E-state index is 0.0929. The molecule has 1 aromatic carbocycles. The van der Waals surface area contributed by atoms with Crippen LogP contribution in [0.15, 0.2) is 18.2 Å². The van der Waals surface area contributed by atoms with E-state index in [4.69, 9.17) is 9.47 Å². The topological polar surface area (TPSA) is 47.6 Å². The lowest BCUT2D eigenvalue weighted by Crippen LogP contribution is -2.44. The molecular weight excluding hydrogens is 314 g/mol. The molecule has 0 unspecified atom stereocenters. The fourth-order valence-electron chi connectivity index (χ4n) is 2.75. The molecule has 0 aliphatic heterocycles. The van der Waals surface area contributed by atoms with E-state index in [-0.39, 0.29) is 12.0 Å². The van der Waals surface area contributed by atoms with Crippen molar-refractivity contribution in [3.8, 4) is 5.75 Å². The van der Waals surface area contributed by atoms with E-state index >= 15 is 0 Å². The molecule has 0 saturated carbocycles. The van der Waals surface area contributed by atoms with Gasteiger partial charge in [0, 0.05) is 12.3 Å². The number of hydrogen-bond acceptors (Lipinski definition) is 3. The molecule has 0 heterocycles. The molecule has 1 aromatic rings. The average Bonchev–Trinajstić information content (AvgIpc) is 2.54. The molecule has 0 bridgehead atoms. The lowest BCUT2D eigenvalue weighted by molar-refractivity contribution is -0.141. The molecular formula is C21H35NO3. The summed E-state index contributed by atoms with van der Waals surface area (Å²) in [6.45, 7) is 14.9. The van der Waals surface area contributed by atoms with Crippen molar-refractivity contribution in [3.05, 3.63) is 23.8 Å². The number of hydrogen-bond donors (Lipinski definition) is 1. The number of carbonyl (C=O) groups is 1. The van der Waals surface area contributed by atoms with Crippen molar-refractivity contribution in [1.82, 2.24) is 0 Å². The number of nitrogens with one attached hydrogen (secondary N) is 1. The molecule has 142 valence electrons. The quantitative estimate of drug-likeness (QED) is 0.620. The number of anilines is 1. The van der Waals surface area contributed by atoms with E-state index in [1.54, 1.807) is 0 Å². The highest BCUT2D eigenvalue weighted by Gasteiger charge is 2.35. The minimum Gasteiger partial charge on any atom is -0.490 e. The van der Waals surface area contributed by atoms with Crippen molar-refractivity contribution in [2.75, 3.05) is 11.9 Å². The van der Waals surface area contributed by atoms with Gasteiger partial charge in [-0.3, -0.25) is 4.79 Å². The van der Waals surface area contributed by atoms with Crippen LogP contribution in [0.25, 0.3) is 0 Å². The first-order valence-electron chi connectivity index (χ1n) is 9.44. The predicted octanol–water partition coefficient (Wildman–Crippen LogP) is 5.34. The Morgan fingerprint density at radius 1 is 1.24 bits per heavy atom. The van der Waals surface area contributed by atoms with Gasteiger partial charge in [0.1, 0.15) is 11.4 Å². The number of amides is 1. The summed E-state index contributed by atoms with van der Waals surface area (Å²) in [6.07, 6.45) is 2.71. The van der Waals surface area contributed by atoms with Crippen molar-refractivity contribution in [3.63, 3.8) is 0 Å². The third kappa shape index (κ3) is 6.69. The maximum absolute atomic E-state index is 12.8. The summed E-state index contributed by atoms with van der Waals surface area (Å²) < 4.78 is 11.8. The van der Waals surface area contributed by atoms with Gasteiger partial charge in [0.2, 0.25) is 0 Å². The highest BCUT2D eigenvalue weighted by atomic mass is 16.5. The second-order valence-electron chi connectivity index (χ2n) is 7.45. The van der Waals surface area contributed by atoms with Gasteiger partial charge < -0.3 is 14.8 Å². The van der Waals surface area contributed by atoms with Crippen LogP contribution >= 0.6 is 0 Å². The Balaban J connectivity index is 2.87. The maximum atomic E-state index is 12.8. The molecule has 2 atom stereocenters. The molecule has 0 radical (unpaired) electrons. The molecule has 1 N–H and O–H groups in total. The second kappa shape index (κ2) is 9.81. The summed E-state index contributed by atoms with van der Waals surface area (Å²) in [5, 5.41) is 3.01. The zero-order valence-corrected chi connectivity index (χ0v) is 16.9. The van der Waals surface area contributed by atoms with Crippen LogP contribution in [0.5, 0.6) is 5.75 Å². The summed E-state index contributed by atoms with van der Waals surface area (Å²) in [5.74, 6) is 1.14. The number of ether oxygens (including phenoxy) is 2. The Morgan fingerprint density at radius 2 is 1.92 bits per heavy atom. The molecule has 0 fully saturated rings. The van der Waals surface area contributed by atoms with Crippen LogP contribution in [0.3, 0.4) is 0 Å². The zero-order valence-electron chi connectivity index (χ0n) is 16.9. The third-order valence-corrected chi connectivity index (χ3v) is 4.24. The molecule has 4 nitrogen and oxygen atoms in total. The van der Waals surface area contributed by atoms with E-state index in [0.717, 1.165) is 29.8 Å². The van der Waals surface area contributed by atoms with Crippen LogP contribution in [0.2, 0.25) is 0 Å². The van der Waals surface area contributed by atoms with Crippen molar-refractivity contribution in [2.45, 2.75) is 79.4 Å². The number of aryl methyl sites for hydroxylation is 1. The highest BCUT2D eigenvalue weighted by Crippen LogP contribution is 2.27. The minimum atomic E-state index is -0.815. The summed E-state index contributed by atoms with van der Waals surface area (Å²) >= 11 is 0. The lowest BCUT2D eigenvalue weighted by atomic mass is 9.93. The van der Waals surface area contributed by atoms with Gasteiger partial charge in [-0.1, -0.05) is 27.7 Å². The first-order chi connectivity index (χ1) is 11.7. The van der Waals surface area contributed by atoms with Crippen molar-refractivity contribution in [1.29, 1.82) is 0 Å². The van der Waals surface area contributed by atoms with Gasteiger partial charge in [0.15, 0.2) is 0 Å². The van der Waals surface area contributed by atoms with Gasteiger partial charge in [-0.25, -0.2) is 0 Å². The second-order valence-corrected chi connectivity index (χ2v) is 7.45. The average molecular weight is 350 g/mol. The van der Waals surface area contributed by atoms with Gasteiger partial charge >= 0.3 is 0 Å². The van der Waals surface area contributed by atoms with E-state index in [1.807, 2.05) is 39.0 Å². The van der Waals surface area contributed by atoms with E-state index in [2.05, 4.69) is 33.0 Å². The van der Waals surface area contributed by atoms with Crippen LogP contribution in [0, 0.1) is 12.8 Å². The molecule has 4 heteroatoms. The van der Waals surface area contributed by atoms with Gasteiger partial charge in [-0.05, 0) is 69.7 Å². The Labute approximate surface area is 153 Å². The summed E-state index contributed by atoms with van der Waals surface area (Å²) in [4.78, 5) is 12.8. The molecule has 25 heavy (non-hydrogen) atoms. The fraction of sp³-hybridized carbons (Fsp3) is 0.667. The van der Waals surface area contributed by atoms with Crippen LogP contribution in [-0.4, -0.2) is 24.2 Å². The largest absolute Gasteiger partial charge is 0.490 e. The van der Waals surface area contributed by atoms with Crippen LogP contribution in [0.1, 0.15) is 66.4 Å². The van der Waals surface area contributed by atoms with Crippen LogP contribution in [-0.2, 0) is 9.53 Å². The van der Waals surface area contributed by atoms with E-state index in [0.29, 0.717) is 18.9 Å². The summed E-state index contributed by atoms with van der Waals surface area (Å²) in [5.41, 5.74) is 0.969.